The van der Waals surface area contributed by atoms with Crippen LogP contribution < -0.4 is 24.6 Å². The number of hydrogen-bond donors (Lipinski definition) is 2. The second-order valence-electron chi connectivity index (χ2n) is 12.6. The number of nitrogens with one attached hydrogen (secondary N) is 2. The number of carbonyl (C=O) groups excluding carboxylic acids is 3. The van der Waals surface area contributed by atoms with Crippen LogP contribution in [0.4, 0.5) is 11.4 Å². The van der Waals surface area contributed by atoms with Crippen LogP contribution in [0.15, 0.2) is 81.0 Å². The highest BCUT2D eigenvalue weighted by Gasteiger charge is 2.69. The summed E-state index contributed by atoms with van der Waals surface area (Å²) in [7, 11) is 1.58. The molecule has 240 valence electrons. The molecule has 12 heteroatoms. The number of H-pyrrole nitrogens is 1. The summed E-state index contributed by atoms with van der Waals surface area (Å²) in [5, 5.41) is 3.73. The molecule has 1 aromatic heterocycles. The number of aryl methyl sites for hydroxylation is 1. The summed E-state index contributed by atoms with van der Waals surface area (Å²) in [5.74, 6) is -0.602. The zero-order chi connectivity index (χ0) is 32.6. The predicted molar refractivity (Wildman–Crippen MR) is 183 cm³/mol. The van der Waals surface area contributed by atoms with Gasteiger partial charge in [0, 0.05) is 31.8 Å². The molecule has 2 saturated carbocycles. The zero-order valence-corrected chi connectivity index (χ0v) is 28.6. The van der Waals surface area contributed by atoms with Gasteiger partial charge in [0.2, 0.25) is 11.8 Å². The summed E-state index contributed by atoms with van der Waals surface area (Å²) in [6.45, 7) is 1.76. The Hall–Kier alpha value is -3.87. The Morgan fingerprint density at radius 3 is 2.53 bits per heavy atom. The third kappa shape index (κ3) is 5.03. The van der Waals surface area contributed by atoms with Crippen molar-refractivity contribution in [1.82, 2.24) is 4.98 Å². The second-order valence-corrected chi connectivity index (χ2v) is 15.7. The highest BCUT2D eigenvalue weighted by Crippen LogP contribution is 2.69. The number of thiazole rings is 1. The summed E-state index contributed by atoms with van der Waals surface area (Å²) < 4.78 is 12.3. The van der Waals surface area contributed by atoms with Crippen molar-refractivity contribution in [3.8, 4) is 11.5 Å². The molecular formula is C35H30BrN3O6S2. The van der Waals surface area contributed by atoms with Crippen LogP contribution in [0.25, 0.3) is 0 Å². The average Bonchev–Trinajstić information content (AvgIpc) is 3.79. The lowest BCUT2D eigenvalue weighted by molar-refractivity contribution is -0.123. The van der Waals surface area contributed by atoms with Gasteiger partial charge in [-0.2, -0.15) is 0 Å². The van der Waals surface area contributed by atoms with Gasteiger partial charge in [0.05, 0.1) is 29.7 Å². The smallest absolute Gasteiger partial charge is 0.305 e. The molecule has 0 radical (unpaired) electrons. The van der Waals surface area contributed by atoms with Crippen LogP contribution in [0.3, 0.4) is 0 Å². The molecule has 9 nitrogen and oxygen atoms in total. The molecule has 2 aliphatic heterocycles. The van der Waals surface area contributed by atoms with E-state index in [0.29, 0.717) is 22.9 Å². The van der Waals surface area contributed by atoms with Crippen LogP contribution in [0.5, 0.6) is 11.5 Å². The molecule has 4 aromatic rings. The molecule has 3 amide bonds. The Morgan fingerprint density at radius 1 is 1.02 bits per heavy atom. The van der Waals surface area contributed by atoms with E-state index in [4.69, 9.17) is 9.47 Å². The monoisotopic (exact) mass is 731 g/mol. The topological polar surface area (TPSA) is 118 Å². The molecule has 4 aliphatic rings. The number of carbonyl (C=O) groups is 3. The number of thioether (sulfide) groups is 1. The van der Waals surface area contributed by atoms with Crippen molar-refractivity contribution < 1.29 is 23.9 Å². The number of amides is 3. The number of fused-ring (bicyclic) bond motifs is 9. The summed E-state index contributed by atoms with van der Waals surface area (Å²) in [4.78, 5) is 59.0. The Balaban J connectivity index is 1.13. The van der Waals surface area contributed by atoms with Crippen LogP contribution in [0.1, 0.15) is 28.3 Å². The summed E-state index contributed by atoms with van der Waals surface area (Å²) in [6.07, 6.45) is 0.768. The fourth-order valence-corrected chi connectivity index (χ4v) is 11.6. The molecule has 1 saturated heterocycles. The molecule has 0 spiro atoms. The van der Waals surface area contributed by atoms with Gasteiger partial charge in [0.15, 0.2) is 6.61 Å². The molecule has 3 fully saturated rings. The molecule has 3 aromatic carbocycles. The van der Waals surface area contributed by atoms with Crippen molar-refractivity contribution in [2.75, 3.05) is 23.9 Å². The fraction of sp³-hybridized carbons (Fsp3) is 0.314. The SMILES string of the molecule is COc1ccc(N2C(=O)C3C(C2=O)[C@@H]2C[C@H]3C3Sc4[nH]c(=O)sc4[C@H](c4cc(Br)ccc4OCC(=O)Nc4cccc(C)c4)C32)cc1. The number of benzene rings is 3. The molecule has 3 heterocycles. The highest BCUT2D eigenvalue weighted by atomic mass is 79.9. The number of rotatable bonds is 7. The maximum absolute atomic E-state index is 14.1. The van der Waals surface area contributed by atoms with Gasteiger partial charge in [-0.15, -0.1) is 11.8 Å². The average molecular weight is 733 g/mol. The lowest BCUT2D eigenvalue weighted by Crippen LogP contribution is -2.42. The first-order valence-corrected chi connectivity index (χ1v) is 17.9. The van der Waals surface area contributed by atoms with E-state index < -0.39 is 11.8 Å². The number of hydrogen-bond acceptors (Lipinski definition) is 8. The van der Waals surface area contributed by atoms with Crippen molar-refractivity contribution in [2.24, 2.45) is 29.6 Å². The van der Waals surface area contributed by atoms with Crippen LogP contribution in [-0.4, -0.2) is 41.7 Å². The van der Waals surface area contributed by atoms with Gasteiger partial charge in [-0.05, 0) is 91.3 Å². The van der Waals surface area contributed by atoms with E-state index in [2.05, 4.69) is 26.2 Å². The van der Waals surface area contributed by atoms with E-state index in [0.717, 1.165) is 31.9 Å². The van der Waals surface area contributed by atoms with Crippen LogP contribution in [0, 0.1) is 36.5 Å². The number of ether oxygens (including phenoxy) is 2. The summed E-state index contributed by atoms with van der Waals surface area (Å²) in [6, 6.07) is 20.3. The minimum absolute atomic E-state index is 0.0180. The Morgan fingerprint density at radius 2 is 1.79 bits per heavy atom. The molecule has 4 unspecified atom stereocenters. The van der Waals surface area contributed by atoms with Crippen molar-refractivity contribution in [3.63, 3.8) is 0 Å². The van der Waals surface area contributed by atoms with E-state index >= 15 is 0 Å². The minimum Gasteiger partial charge on any atom is -0.497 e. The number of anilines is 2. The molecule has 7 atom stereocenters. The maximum Gasteiger partial charge on any atom is 0.305 e. The predicted octanol–water partition coefficient (Wildman–Crippen LogP) is 6.21. The largest absolute Gasteiger partial charge is 0.497 e. The first-order valence-electron chi connectivity index (χ1n) is 15.4. The van der Waals surface area contributed by atoms with Gasteiger partial charge in [0.25, 0.3) is 5.91 Å². The summed E-state index contributed by atoms with van der Waals surface area (Å²) in [5.41, 5.74) is 3.13. The zero-order valence-electron chi connectivity index (χ0n) is 25.4. The molecular weight excluding hydrogens is 702 g/mol. The number of halogens is 1. The van der Waals surface area contributed by atoms with Gasteiger partial charge < -0.3 is 19.8 Å². The van der Waals surface area contributed by atoms with Crippen molar-refractivity contribution in [1.29, 1.82) is 0 Å². The molecule has 2 N–H and O–H groups in total. The molecule has 8 rings (SSSR count). The quantitative estimate of drug-likeness (QED) is 0.217. The summed E-state index contributed by atoms with van der Waals surface area (Å²) >= 11 is 6.46. The standard InChI is InChI=1S/C35H30BrN3O6S2/c1-16-4-3-5-18(12-16)37-25(40)15-45-24-11-6-17(36)13-21(24)26-27-22-14-23(30(27)46-32-31(26)47-35(43)38-32)29-28(22)33(41)39(34(29)42)19-7-9-20(44-2)10-8-19/h3-13,22-23,26-30H,14-15H2,1-2H3,(H,37,40)(H,38,43)/t22-,23-,26-,27?,28?,29?,30?/m1/s1. The Kier molecular flexibility index (Phi) is 7.57. The van der Waals surface area contributed by atoms with E-state index in [1.807, 2.05) is 49.4 Å². The van der Waals surface area contributed by atoms with Crippen molar-refractivity contribution in [2.45, 2.75) is 29.5 Å². The second kappa shape index (κ2) is 11.7. The first-order chi connectivity index (χ1) is 22.7. The third-order valence-electron chi connectivity index (χ3n) is 10.0. The fourth-order valence-electron chi connectivity index (χ4n) is 8.31. The normalized spacial score (nSPS) is 27.0. The first kappa shape index (κ1) is 30.5. The van der Waals surface area contributed by atoms with Crippen LogP contribution in [0.2, 0.25) is 0 Å². The van der Waals surface area contributed by atoms with Gasteiger partial charge in [-0.3, -0.25) is 24.1 Å². The highest BCUT2D eigenvalue weighted by molar-refractivity contribution is 9.10. The molecule has 2 bridgehead atoms. The molecule has 47 heavy (non-hydrogen) atoms. The molecule has 2 aliphatic carbocycles. The van der Waals surface area contributed by atoms with Gasteiger partial charge in [-0.1, -0.05) is 39.4 Å². The number of aromatic nitrogens is 1. The van der Waals surface area contributed by atoms with Crippen LogP contribution in [-0.2, 0) is 14.4 Å². The van der Waals surface area contributed by atoms with Crippen LogP contribution >= 0.6 is 39.0 Å². The van der Waals surface area contributed by atoms with E-state index in [1.54, 1.807) is 43.1 Å². The van der Waals surface area contributed by atoms with Gasteiger partial charge in [0.1, 0.15) is 11.5 Å². The van der Waals surface area contributed by atoms with E-state index in [9.17, 15) is 19.2 Å². The van der Waals surface area contributed by atoms with E-state index in [1.165, 1.54) is 16.2 Å². The lowest BCUT2D eigenvalue weighted by Gasteiger charge is -2.43. The Bertz CT molecular complexity index is 1990. The van der Waals surface area contributed by atoms with Gasteiger partial charge in [-0.25, -0.2) is 0 Å². The maximum atomic E-state index is 14.1. The van der Waals surface area contributed by atoms with E-state index in [-0.39, 0.29) is 58.1 Å². The van der Waals surface area contributed by atoms with Gasteiger partial charge >= 0.3 is 4.87 Å². The number of imide groups is 1. The Labute approximate surface area is 287 Å². The minimum atomic E-state index is -0.437. The number of nitrogens with zero attached hydrogens (tertiary/aromatic N) is 1. The lowest BCUT2D eigenvalue weighted by atomic mass is 9.68. The number of methoxy groups -OCH3 is 1. The van der Waals surface area contributed by atoms with Crippen molar-refractivity contribution >= 4 is 68.1 Å². The number of aromatic amines is 1. The third-order valence-corrected chi connectivity index (χ3v) is 13.1. The van der Waals surface area contributed by atoms with Crippen molar-refractivity contribution in [3.05, 3.63) is 96.9 Å².